The van der Waals surface area contributed by atoms with Crippen LogP contribution in [0.2, 0.25) is 0 Å². The van der Waals surface area contributed by atoms with Gasteiger partial charge < -0.3 is 15.5 Å². The van der Waals surface area contributed by atoms with Crippen molar-refractivity contribution in [1.82, 2.24) is 9.97 Å². The molecule has 0 fully saturated rings. The topological polar surface area (TPSA) is 81.0 Å². The molecular formula is C13H23N3O2. The first-order valence-electron chi connectivity index (χ1n) is 6.51. The number of rotatable bonds is 6. The highest BCUT2D eigenvalue weighted by molar-refractivity contribution is 5.38. The molecule has 0 aromatic carbocycles. The molecule has 102 valence electrons. The molecule has 1 aromatic heterocycles. The predicted molar refractivity (Wildman–Crippen MR) is 72.5 cm³/mol. The quantitative estimate of drug-likeness (QED) is 0.812. The van der Waals surface area contributed by atoms with Crippen LogP contribution in [0.3, 0.4) is 0 Å². The number of aromatic amines is 1. The average molecular weight is 253 g/mol. The summed E-state index contributed by atoms with van der Waals surface area (Å²) in [6.07, 6.45) is 2.23. The van der Waals surface area contributed by atoms with Crippen molar-refractivity contribution in [2.45, 2.75) is 52.6 Å². The summed E-state index contributed by atoms with van der Waals surface area (Å²) >= 11 is 0. The molecule has 0 radical (unpaired) electrons. The van der Waals surface area contributed by atoms with Crippen LogP contribution >= 0.6 is 0 Å². The van der Waals surface area contributed by atoms with Crippen LogP contribution in [0.5, 0.6) is 0 Å². The first-order valence-corrected chi connectivity index (χ1v) is 6.51. The van der Waals surface area contributed by atoms with Crippen molar-refractivity contribution in [3.05, 3.63) is 21.7 Å². The molecule has 0 spiro atoms. The zero-order valence-corrected chi connectivity index (χ0v) is 11.7. The molecule has 1 unspecified atom stereocenters. The summed E-state index contributed by atoms with van der Waals surface area (Å²) < 4.78 is 5.69. The fourth-order valence-electron chi connectivity index (χ4n) is 1.91. The molecule has 5 nitrogen and oxygen atoms in total. The Hall–Kier alpha value is -1.36. The van der Waals surface area contributed by atoms with Gasteiger partial charge in [-0.05, 0) is 26.7 Å². The summed E-state index contributed by atoms with van der Waals surface area (Å²) in [5.41, 5.74) is 5.69. The van der Waals surface area contributed by atoms with E-state index in [1.165, 1.54) is 0 Å². The number of nitrogens with two attached hydrogens (primary N) is 1. The monoisotopic (exact) mass is 253 g/mol. The van der Waals surface area contributed by atoms with Crippen LogP contribution in [-0.2, 0) is 16.8 Å². The Morgan fingerprint density at radius 2 is 2.06 bits per heavy atom. The zero-order chi connectivity index (χ0) is 13.8. The molecule has 0 bridgehead atoms. The van der Waals surface area contributed by atoms with Gasteiger partial charge in [0.2, 0.25) is 0 Å². The smallest absolute Gasteiger partial charge is 0.256 e. The van der Waals surface area contributed by atoms with Crippen molar-refractivity contribution in [1.29, 1.82) is 0 Å². The predicted octanol–water partition coefficient (Wildman–Crippen LogP) is 1.97. The van der Waals surface area contributed by atoms with E-state index in [0.29, 0.717) is 30.2 Å². The van der Waals surface area contributed by atoms with Crippen LogP contribution in [0, 0.1) is 0 Å². The second-order valence-electron chi connectivity index (χ2n) is 4.55. The van der Waals surface area contributed by atoms with E-state index >= 15 is 0 Å². The van der Waals surface area contributed by atoms with Crippen molar-refractivity contribution < 1.29 is 4.74 Å². The van der Waals surface area contributed by atoms with E-state index in [1.807, 2.05) is 27.7 Å². The molecule has 0 aliphatic carbocycles. The number of nitrogens with one attached hydrogen (secondary N) is 1. The highest BCUT2D eigenvalue weighted by atomic mass is 16.5. The van der Waals surface area contributed by atoms with Crippen molar-refractivity contribution in [2.75, 3.05) is 12.3 Å². The van der Waals surface area contributed by atoms with Crippen LogP contribution in [0.1, 0.15) is 51.9 Å². The van der Waals surface area contributed by atoms with Crippen molar-refractivity contribution >= 4 is 5.82 Å². The lowest BCUT2D eigenvalue weighted by Crippen LogP contribution is -2.32. The SMILES string of the molecule is CCCc1c(N)nc(C(C)(CC)OCC)[nH]c1=O. The Kier molecular flexibility index (Phi) is 4.90. The Balaban J connectivity index is 3.23. The van der Waals surface area contributed by atoms with E-state index in [-0.39, 0.29) is 5.56 Å². The Bertz CT molecular complexity index is 456. The number of ether oxygens (including phenoxy) is 1. The standard InChI is InChI=1S/C13H23N3O2/c1-5-8-9-10(14)15-12(16-11(9)17)13(4,6-2)18-7-3/h5-8H2,1-4H3,(H3,14,15,16,17). The fourth-order valence-corrected chi connectivity index (χ4v) is 1.91. The minimum atomic E-state index is -0.591. The van der Waals surface area contributed by atoms with Gasteiger partial charge in [-0.15, -0.1) is 0 Å². The Morgan fingerprint density at radius 1 is 1.39 bits per heavy atom. The van der Waals surface area contributed by atoms with E-state index in [2.05, 4.69) is 9.97 Å². The molecule has 3 N–H and O–H groups in total. The first kappa shape index (κ1) is 14.7. The number of nitrogen functional groups attached to an aromatic ring is 1. The molecule has 0 amide bonds. The minimum Gasteiger partial charge on any atom is -0.383 e. The van der Waals surface area contributed by atoms with E-state index in [1.54, 1.807) is 0 Å². The number of aromatic nitrogens is 2. The first-order chi connectivity index (χ1) is 8.48. The third-order valence-electron chi connectivity index (χ3n) is 3.19. The maximum absolute atomic E-state index is 12.0. The third kappa shape index (κ3) is 2.90. The van der Waals surface area contributed by atoms with Gasteiger partial charge >= 0.3 is 0 Å². The molecule has 1 aromatic rings. The lowest BCUT2D eigenvalue weighted by molar-refractivity contribution is -0.0391. The van der Waals surface area contributed by atoms with Gasteiger partial charge in [-0.1, -0.05) is 20.3 Å². The van der Waals surface area contributed by atoms with E-state index in [9.17, 15) is 4.79 Å². The number of nitrogens with zero attached hydrogens (tertiary/aromatic N) is 1. The van der Waals surface area contributed by atoms with Gasteiger partial charge in [0, 0.05) is 6.61 Å². The summed E-state index contributed by atoms with van der Waals surface area (Å²) in [5.74, 6) is 0.823. The highest BCUT2D eigenvalue weighted by Gasteiger charge is 2.28. The number of H-pyrrole nitrogens is 1. The molecule has 0 saturated carbocycles. The molecule has 1 rings (SSSR count). The van der Waals surface area contributed by atoms with Crippen molar-refractivity contribution in [3.8, 4) is 0 Å². The molecule has 18 heavy (non-hydrogen) atoms. The molecule has 5 heteroatoms. The molecule has 0 aliphatic heterocycles. The molecule has 1 atom stereocenters. The lowest BCUT2D eigenvalue weighted by Gasteiger charge is -2.27. The van der Waals surface area contributed by atoms with Gasteiger partial charge in [0.05, 0.1) is 5.56 Å². The number of anilines is 1. The van der Waals surface area contributed by atoms with Crippen LogP contribution < -0.4 is 11.3 Å². The lowest BCUT2D eigenvalue weighted by atomic mass is 10.0. The number of hydrogen-bond donors (Lipinski definition) is 2. The zero-order valence-electron chi connectivity index (χ0n) is 11.7. The summed E-state index contributed by atoms with van der Waals surface area (Å²) in [6.45, 7) is 8.38. The van der Waals surface area contributed by atoms with Crippen LogP contribution in [0.15, 0.2) is 4.79 Å². The van der Waals surface area contributed by atoms with Gasteiger partial charge in [0.15, 0.2) is 0 Å². The highest BCUT2D eigenvalue weighted by Crippen LogP contribution is 2.26. The number of hydrogen-bond acceptors (Lipinski definition) is 4. The molecular weight excluding hydrogens is 230 g/mol. The van der Waals surface area contributed by atoms with E-state index < -0.39 is 5.60 Å². The normalized spacial score (nSPS) is 14.4. The summed E-state index contributed by atoms with van der Waals surface area (Å²) in [6, 6.07) is 0. The van der Waals surface area contributed by atoms with Gasteiger partial charge in [0.25, 0.3) is 5.56 Å². The van der Waals surface area contributed by atoms with Gasteiger partial charge in [-0.3, -0.25) is 4.79 Å². The van der Waals surface area contributed by atoms with E-state index in [4.69, 9.17) is 10.5 Å². The van der Waals surface area contributed by atoms with Crippen molar-refractivity contribution in [3.63, 3.8) is 0 Å². The Morgan fingerprint density at radius 3 is 2.50 bits per heavy atom. The van der Waals surface area contributed by atoms with E-state index in [0.717, 1.165) is 12.8 Å². The second-order valence-corrected chi connectivity index (χ2v) is 4.55. The van der Waals surface area contributed by atoms with Crippen LogP contribution in [0.4, 0.5) is 5.82 Å². The van der Waals surface area contributed by atoms with Gasteiger partial charge in [0.1, 0.15) is 17.2 Å². The maximum atomic E-state index is 12.0. The maximum Gasteiger partial charge on any atom is 0.256 e. The van der Waals surface area contributed by atoms with Gasteiger partial charge in [-0.2, -0.15) is 0 Å². The minimum absolute atomic E-state index is 0.154. The third-order valence-corrected chi connectivity index (χ3v) is 3.19. The Labute approximate surface area is 108 Å². The van der Waals surface area contributed by atoms with Crippen molar-refractivity contribution in [2.24, 2.45) is 0 Å². The summed E-state index contributed by atoms with van der Waals surface area (Å²) in [5, 5.41) is 0. The molecule has 0 saturated heterocycles. The van der Waals surface area contributed by atoms with Crippen LogP contribution in [0.25, 0.3) is 0 Å². The van der Waals surface area contributed by atoms with Gasteiger partial charge in [-0.25, -0.2) is 4.98 Å². The fraction of sp³-hybridized carbons (Fsp3) is 0.692. The second kappa shape index (κ2) is 6.00. The average Bonchev–Trinajstić information content (AvgIpc) is 2.33. The molecule has 1 heterocycles. The summed E-state index contributed by atoms with van der Waals surface area (Å²) in [7, 11) is 0. The molecule has 0 aliphatic rings. The summed E-state index contributed by atoms with van der Waals surface area (Å²) in [4.78, 5) is 19.1. The largest absolute Gasteiger partial charge is 0.383 e. The van der Waals surface area contributed by atoms with Crippen LogP contribution in [-0.4, -0.2) is 16.6 Å².